The summed E-state index contributed by atoms with van der Waals surface area (Å²) in [6, 6.07) is 9.65. The number of aliphatic hydroxyl groups is 2. The van der Waals surface area contributed by atoms with Crippen LogP contribution in [0.25, 0.3) is 0 Å². The Kier molecular flexibility index (Phi) is 7.06. The summed E-state index contributed by atoms with van der Waals surface area (Å²) in [6.45, 7) is 1.90. The molecule has 1 aliphatic heterocycles. The van der Waals surface area contributed by atoms with Gasteiger partial charge in [0, 0.05) is 25.4 Å². The van der Waals surface area contributed by atoms with Crippen LogP contribution in [0.15, 0.2) is 54.1 Å². The number of rotatable bonds is 8. The number of benzene rings is 1. The Hall–Kier alpha value is -1.91. The molecule has 5 atom stereocenters. The SMILES string of the molecule is O=C(CCCCC1=C[C@H]2C[C@@H](O)[C@H](/C=C/[C@@H](O)c3ccccc3)[C@H]2C1)N1CCCC1. The number of unbranched alkanes of at least 4 members (excludes halogenated alkanes) is 1. The summed E-state index contributed by atoms with van der Waals surface area (Å²) in [5, 5.41) is 21.0. The van der Waals surface area contributed by atoms with Crippen LogP contribution in [0, 0.1) is 17.8 Å². The fourth-order valence-corrected chi connectivity index (χ4v) is 5.54. The van der Waals surface area contributed by atoms with Gasteiger partial charge in [-0.15, -0.1) is 0 Å². The van der Waals surface area contributed by atoms with E-state index < -0.39 is 6.10 Å². The molecule has 3 aliphatic rings. The molecule has 0 aromatic heterocycles. The molecule has 1 aromatic carbocycles. The van der Waals surface area contributed by atoms with E-state index in [9.17, 15) is 15.0 Å². The van der Waals surface area contributed by atoms with E-state index in [4.69, 9.17) is 0 Å². The van der Waals surface area contributed by atoms with Gasteiger partial charge in [0.05, 0.1) is 12.2 Å². The number of amides is 1. The van der Waals surface area contributed by atoms with Crippen molar-refractivity contribution in [2.24, 2.45) is 17.8 Å². The average molecular weight is 410 g/mol. The molecule has 0 radical (unpaired) electrons. The zero-order valence-electron chi connectivity index (χ0n) is 17.8. The number of hydrogen-bond donors (Lipinski definition) is 2. The second-order valence-electron chi connectivity index (χ2n) is 9.27. The van der Waals surface area contributed by atoms with E-state index in [0.717, 1.165) is 63.6 Å². The summed E-state index contributed by atoms with van der Waals surface area (Å²) in [7, 11) is 0. The van der Waals surface area contributed by atoms with Gasteiger partial charge in [-0.3, -0.25) is 4.79 Å². The molecule has 4 nitrogen and oxygen atoms in total. The highest BCUT2D eigenvalue weighted by Gasteiger charge is 2.43. The van der Waals surface area contributed by atoms with Crippen LogP contribution in [0.1, 0.15) is 63.0 Å². The van der Waals surface area contributed by atoms with Crippen molar-refractivity contribution in [2.45, 2.75) is 63.6 Å². The van der Waals surface area contributed by atoms with Gasteiger partial charge in [0.15, 0.2) is 0 Å². The van der Waals surface area contributed by atoms with Gasteiger partial charge in [-0.1, -0.05) is 54.1 Å². The zero-order valence-corrected chi connectivity index (χ0v) is 17.8. The van der Waals surface area contributed by atoms with Crippen LogP contribution in [-0.4, -0.2) is 40.2 Å². The first-order chi connectivity index (χ1) is 14.6. The van der Waals surface area contributed by atoms with Crippen molar-refractivity contribution in [1.82, 2.24) is 4.90 Å². The smallest absolute Gasteiger partial charge is 0.222 e. The lowest BCUT2D eigenvalue weighted by Gasteiger charge is -2.19. The molecule has 1 heterocycles. The quantitative estimate of drug-likeness (QED) is 0.494. The maximum atomic E-state index is 12.2. The second kappa shape index (κ2) is 9.93. The van der Waals surface area contributed by atoms with Gasteiger partial charge < -0.3 is 15.1 Å². The summed E-state index contributed by atoms with van der Waals surface area (Å²) in [4.78, 5) is 14.2. The van der Waals surface area contributed by atoms with Crippen molar-refractivity contribution < 1.29 is 15.0 Å². The highest BCUT2D eigenvalue weighted by Crippen LogP contribution is 2.48. The number of allylic oxidation sites excluding steroid dienone is 2. The monoisotopic (exact) mass is 409 g/mol. The van der Waals surface area contributed by atoms with Crippen LogP contribution in [0.4, 0.5) is 0 Å². The normalized spacial score (nSPS) is 29.4. The minimum Gasteiger partial charge on any atom is -0.392 e. The standard InChI is InChI=1S/C26H35NO3/c28-24(20-9-2-1-3-10-20)13-12-22-23-17-19(16-21(23)18-25(22)29)8-4-5-11-26(30)27-14-6-7-15-27/h1-3,9-10,12-13,16,21-25,28-29H,4-8,11,14-15,17-18H2/b13-12+/t21-,22+,23-,24+,25+/m0/s1. The fourth-order valence-electron chi connectivity index (χ4n) is 5.54. The second-order valence-corrected chi connectivity index (χ2v) is 9.27. The summed E-state index contributed by atoms with van der Waals surface area (Å²) in [5.74, 6) is 1.33. The minimum absolute atomic E-state index is 0.110. The molecule has 30 heavy (non-hydrogen) atoms. The van der Waals surface area contributed by atoms with Gasteiger partial charge in [-0.2, -0.15) is 0 Å². The molecule has 2 aliphatic carbocycles. The van der Waals surface area contributed by atoms with E-state index in [1.54, 1.807) is 0 Å². The predicted molar refractivity (Wildman–Crippen MR) is 119 cm³/mol. The van der Waals surface area contributed by atoms with E-state index >= 15 is 0 Å². The van der Waals surface area contributed by atoms with Crippen molar-refractivity contribution in [2.75, 3.05) is 13.1 Å². The molecule has 1 aromatic rings. The van der Waals surface area contributed by atoms with Gasteiger partial charge in [-0.25, -0.2) is 0 Å². The Labute approximate surface area is 180 Å². The molecule has 2 fully saturated rings. The lowest BCUT2D eigenvalue weighted by atomic mass is 9.88. The van der Waals surface area contributed by atoms with Crippen LogP contribution in [0.2, 0.25) is 0 Å². The van der Waals surface area contributed by atoms with Crippen molar-refractivity contribution in [3.63, 3.8) is 0 Å². The maximum Gasteiger partial charge on any atom is 0.222 e. The predicted octanol–water partition coefficient (Wildman–Crippen LogP) is 4.40. The Bertz CT molecular complexity index is 766. The van der Waals surface area contributed by atoms with Gasteiger partial charge in [-0.05, 0) is 62.3 Å². The van der Waals surface area contributed by atoms with Crippen molar-refractivity contribution in [1.29, 1.82) is 0 Å². The van der Waals surface area contributed by atoms with E-state index in [0.29, 0.717) is 24.2 Å². The molecule has 0 spiro atoms. The number of likely N-dealkylation sites (tertiary alicyclic amines) is 1. The molecule has 4 rings (SSSR count). The third kappa shape index (κ3) is 5.04. The lowest BCUT2D eigenvalue weighted by molar-refractivity contribution is -0.130. The molecule has 4 heteroatoms. The molecular formula is C26H35NO3. The molecule has 1 saturated heterocycles. The largest absolute Gasteiger partial charge is 0.392 e. The molecule has 1 amide bonds. The number of aliphatic hydroxyl groups excluding tert-OH is 2. The Morgan fingerprint density at radius 3 is 2.70 bits per heavy atom. The molecule has 0 bridgehead atoms. The van der Waals surface area contributed by atoms with E-state index in [1.807, 2.05) is 47.4 Å². The molecule has 162 valence electrons. The summed E-state index contributed by atoms with van der Waals surface area (Å²) in [6.07, 6.45) is 13.3. The van der Waals surface area contributed by atoms with E-state index in [1.165, 1.54) is 5.57 Å². The van der Waals surface area contributed by atoms with Gasteiger partial charge in [0.2, 0.25) is 5.91 Å². The van der Waals surface area contributed by atoms with Crippen LogP contribution in [0.5, 0.6) is 0 Å². The highest BCUT2D eigenvalue weighted by molar-refractivity contribution is 5.76. The third-order valence-electron chi connectivity index (χ3n) is 7.20. The topological polar surface area (TPSA) is 60.8 Å². The summed E-state index contributed by atoms with van der Waals surface area (Å²) >= 11 is 0. The van der Waals surface area contributed by atoms with Crippen molar-refractivity contribution in [3.05, 3.63) is 59.7 Å². The third-order valence-corrected chi connectivity index (χ3v) is 7.20. The minimum atomic E-state index is -0.626. The number of nitrogens with zero attached hydrogens (tertiary/aromatic N) is 1. The first kappa shape index (κ1) is 21.3. The fraction of sp³-hybridized carbons (Fsp3) is 0.577. The van der Waals surface area contributed by atoms with E-state index in [2.05, 4.69) is 6.08 Å². The van der Waals surface area contributed by atoms with Gasteiger partial charge in [0.1, 0.15) is 0 Å². The number of hydrogen-bond acceptors (Lipinski definition) is 3. The van der Waals surface area contributed by atoms with Crippen LogP contribution in [0.3, 0.4) is 0 Å². The molecular weight excluding hydrogens is 374 g/mol. The van der Waals surface area contributed by atoms with Gasteiger partial charge in [0.25, 0.3) is 0 Å². The van der Waals surface area contributed by atoms with Gasteiger partial charge >= 0.3 is 0 Å². The first-order valence-electron chi connectivity index (χ1n) is 11.7. The van der Waals surface area contributed by atoms with Crippen LogP contribution < -0.4 is 0 Å². The Balaban J connectivity index is 1.23. The van der Waals surface area contributed by atoms with E-state index in [-0.39, 0.29) is 12.0 Å². The molecule has 1 saturated carbocycles. The van der Waals surface area contributed by atoms with Crippen LogP contribution in [-0.2, 0) is 4.79 Å². The summed E-state index contributed by atoms with van der Waals surface area (Å²) in [5.41, 5.74) is 2.37. The lowest BCUT2D eigenvalue weighted by Crippen LogP contribution is -2.27. The molecule has 0 unspecified atom stereocenters. The Morgan fingerprint density at radius 2 is 1.93 bits per heavy atom. The van der Waals surface area contributed by atoms with Crippen molar-refractivity contribution in [3.8, 4) is 0 Å². The first-order valence-corrected chi connectivity index (χ1v) is 11.7. The molecule has 2 N–H and O–H groups in total. The highest BCUT2D eigenvalue weighted by atomic mass is 16.3. The van der Waals surface area contributed by atoms with Crippen molar-refractivity contribution >= 4 is 5.91 Å². The number of carbonyl (C=O) groups excluding carboxylic acids is 1. The zero-order chi connectivity index (χ0) is 20.9. The maximum absolute atomic E-state index is 12.2. The van der Waals surface area contributed by atoms with Crippen LogP contribution >= 0.6 is 0 Å². The average Bonchev–Trinajstić information content (AvgIpc) is 3.47. The number of carbonyl (C=O) groups is 1. The Morgan fingerprint density at radius 1 is 1.17 bits per heavy atom. The number of fused-ring (bicyclic) bond motifs is 1. The summed E-state index contributed by atoms with van der Waals surface area (Å²) < 4.78 is 0.